The summed E-state index contributed by atoms with van der Waals surface area (Å²) in [6.07, 6.45) is 5.45. The first-order valence-corrected chi connectivity index (χ1v) is 6.44. The van der Waals surface area contributed by atoms with Gasteiger partial charge in [-0.3, -0.25) is 0 Å². The maximum absolute atomic E-state index is 5.85. The second-order valence-corrected chi connectivity index (χ2v) is 5.29. The Bertz CT molecular complexity index is 329. The average molecular weight is 269 g/mol. The van der Waals surface area contributed by atoms with E-state index in [-0.39, 0.29) is 0 Å². The number of rotatable bonds is 3. The normalized spacial score (nSPS) is 16.9. The first-order chi connectivity index (χ1) is 7.25. The van der Waals surface area contributed by atoms with Crippen molar-refractivity contribution in [3.8, 4) is 5.75 Å². The number of aryl methyl sites for hydroxylation is 1. The van der Waals surface area contributed by atoms with Crippen LogP contribution in [0.2, 0.25) is 0 Å². The van der Waals surface area contributed by atoms with Crippen LogP contribution in [-0.2, 0) is 0 Å². The summed E-state index contributed by atoms with van der Waals surface area (Å²) in [5, 5.41) is 0. The van der Waals surface area contributed by atoms with E-state index in [0.29, 0.717) is 0 Å². The highest BCUT2D eigenvalue weighted by atomic mass is 79.9. The van der Waals surface area contributed by atoms with Crippen molar-refractivity contribution in [2.75, 3.05) is 6.61 Å². The minimum absolute atomic E-state index is 0.785. The van der Waals surface area contributed by atoms with Crippen LogP contribution < -0.4 is 4.74 Å². The second kappa shape index (κ2) is 5.02. The largest absolute Gasteiger partial charge is 0.493 e. The summed E-state index contributed by atoms with van der Waals surface area (Å²) >= 11 is 3.46. The van der Waals surface area contributed by atoms with E-state index in [2.05, 4.69) is 28.9 Å². The van der Waals surface area contributed by atoms with Gasteiger partial charge in [0.05, 0.1) is 6.61 Å². The number of hydrogen-bond donors (Lipinski definition) is 0. The van der Waals surface area contributed by atoms with Crippen molar-refractivity contribution in [1.29, 1.82) is 0 Å². The van der Waals surface area contributed by atoms with Gasteiger partial charge in [0, 0.05) is 4.47 Å². The van der Waals surface area contributed by atoms with Crippen molar-refractivity contribution >= 4 is 15.9 Å². The summed E-state index contributed by atoms with van der Waals surface area (Å²) in [5.74, 6) is 1.82. The number of benzene rings is 1. The molecule has 0 aliphatic heterocycles. The van der Waals surface area contributed by atoms with Crippen LogP contribution in [0.1, 0.15) is 31.2 Å². The van der Waals surface area contributed by atoms with Crippen molar-refractivity contribution < 1.29 is 4.74 Å². The van der Waals surface area contributed by atoms with Crippen molar-refractivity contribution in [3.63, 3.8) is 0 Å². The third-order valence-electron chi connectivity index (χ3n) is 3.09. The van der Waals surface area contributed by atoms with Crippen LogP contribution in [0.15, 0.2) is 22.7 Å². The third kappa shape index (κ3) is 2.97. The molecule has 1 nitrogen and oxygen atoms in total. The Kier molecular flexibility index (Phi) is 3.68. The molecule has 0 spiro atoms. The highest BCUT2D eigenvalue weighted by Crippen LogP contribution is 2.27. The van der Waals surface area contributed by atoms with Crippen molar-refractivity contribution in [2.45, 2.75) is 32.6 Å². The van der Waals surface area contributed by atoms with Gasteiger partial charge < -0.3 is 4.74 Å². The summed E-state index contributed by atoms with van der Waals surface area (Å²) < 4.78 is 6.97. The van der Waals surface area contributed by atoms with Gasteiger partial charge in [-0.05, 0) is 49.4 Å². The van der Waals surface area contributed by atoms with Crippen LogP contribution in [0.3, 0.4) is 0 Å². The molecule has 82 valence electrons. The van der Waals surface area contributed by atoms with E-state index in [1.165, 1.54) is 31.2 Å². The van der Waals surface area contributed by atoms with E-state index < -0.39 is 0 Å². The van der Waals surface area contributed by atoms with Gasteiger partial charge in [0.15, 0.2) is 0 Å². The summed E-state index contributed by atoms with van der Waals surface area (Å²) in [5.41, 5.74) is 1.21. The first-order valence-electron chi connectivity index (χ1n) is 5.64. The summed E-state index contributed by atoms with van der Waals surface area (Å²) in [4.78, 5) is 0. The Labute approximate surface area is 100.0 Å². The molecule has 0 bridgehead atoms. The molecule has 0 aromatic heterocycles. The molecule has 0 radical (unpaired) electrons. The van der Waals surface area contributed by atoms with Crippen LogP contribution in [0, 0.1) is 12.8 Å². The molecule has 0 atom stereocenters. The van der Waals surface area contributed by atoms with Gasteiger partial charge >= 0.3 is 0 Å². The molecule has 0 unspecified atom stereocenters. The summed E-state index contributed by atoms with van der Waals surface area (Å²) in [7, 11) is 0. The second-order valence-electron chi connectivity index (χ2n) is 4.37. The van der Waals surface area contributed by atoms with Gasteiger partial charge in [-0.15, -0.1) is 0 Å². The molecule has 0 saturated heterocycles. The molecule has 0 amide bonds. The maximum Gasteiger partial charge on any atom is 0.122 e. The molecular weight excluding hydrogens is 252 g/mol. The number of hydrogen-bond acceptors (Lipinski definition) is 1. The van der Waals surface area contributed by atoms with Gasteiger partial charge in [0.25, 0.3) is 0 Å². The molecule has 1 aromatic carbocycles. The monoisotopic (exact) mass is 268 g/mol. The molecular formula is C13H17BrO. The first kappa shape index (κ1) is 11.0. The molecule has 0 N–H and O–H groups in total. The summed E-state index contributed by atoms with van der Waals surface area (Å²) in [6.45, 7) is 2.98. The van der Waals surface area contributed by atoms with E-state index in [4.69, 9.17) is 4.74 Å². The lowest BCUT2D eigenvalue weighted by molar-refractivity contribution is 0.250. The minimum atomic E-state index is 0.785. The zero-order chi connectivity index (χ0) is 10.7. The summed E-state index contributed by atoms with van der Waals surface area (Å²) in [6, 6.07) is 6.19. The Morgan fingerprint density at radius 1 is 1.33 bits per heavy atom. The van der Waals surface area contributed by atoms with E-state index in [1.54, 1.807) is 0 Å². The molecule has 2 rings (SSSR count). The fourth-order valence-electron chi connectivity index (χ4n) is 2.16. The van der Waals surface area contributed by atoms with Crippen LogP contribution in [0.25, 0.3) is 0 Å². The molecule has 1 aromatic rings. The maximum atomic E-state index is 5.85. The predicted octanol–water partition coefficient (Wildman–Crippen LogP) is 4.33. The molecule has 1 aliphatic carbocycles. The molecule has 15 heavy (non-hydrogen) atoms. The zero-order valence-corrected chi connectivity index (χ0v) is 10.7. The van der Waals surface area contributed by atoms with E-state index in [1.807, 2.05) is 12.1 Å². The van der Waals surface area contributed by atoms with E-state index in [9.17, 15) is 0 Å². The minimum Gasteiger partial charge on any atom is -0.493 e. The molecule has 1 fully saturated rings. The number of ether oxygens (including phenoxy) is 1. The van der Waals surface area contributed by atoms with Crippen LogP contribution in [0.5, 0.6) is 5.75 Å². The topological polar surface area (TPSA) is 9.23 Å². The standard InChI is InChI=1S/C13H17BrO/c1-10-8-12(14)6-7-13(10)15-9-11-4-2-3-5-11/h6-8,11H,2-5,9H2,1H3. The Morgan fingerprint density at radius 3 is 2.73 bits per heavy atom. The van der Waals surface area contributed by atoms with Crippen molar-refractivity contribution in [2.24, 2.45) is 5.92 Å². The lowest BCUT2D eigenvalue weighted by atomic mass is 10.1. The Morgan fingerprint density at radius 2 is 2.07 bits per heavy atom. The molecule has 2 heteroatoms. The van der Waals surface area contributed by atoms with Gasteiger partial charge in [-0.2, -0.15) is 0 Å². The Balaban J connectivity index is 1.92. The highest BCUT2D eigenvalue weighted by Gasteiger charge is 2.15. The third-order valence-corrected chi connectivity index (χ3v) is 3.58. The van der Waals surface area contributed by atoms with Crippen molar-refractivity contribution in [1.82, 2.24) is 0 Å². The van der Waals surface area contributed by atoms with Gasteiger partial charge in [-0.1, -0.05) is 28.8 Å². The quantitative estimate of drug-likeness (QED) is 0.793. The SMILES string of the molecule is Cc1cc(Br)ccc1OCC1CCCC1. The lowest BCUT2D eigenvalue weighted by Crippen LogP contribution is -2.08. The van der Waals surface area contributed by atoms with Gasteiger partial charge in [0.1, 0.15) is 5.75 Å². The Hall–Kier alpha value is -0.500. The van der Waals surface area contributed by atoms with Crippen LogP contribution in [0.4, 0.5) is 0 Å². The highest BCUT2D eigenvalue weighted by molar-refractivity contribution is 9.10. The van der Waals surface area contributed by atoms with E-state index in [0.717, 1.165) is 22.7 Å². The van der Waals surface area contributed by atoms with Crippen LogP contribution in [-0.4, -0.2) is 6.61 Å². The molecule has 0 heterocycles. The van der Waals surface area contributed by atoms with Gasteiger partial charge in [-0.25, -0.2) is 0 Å². The number of halogens is 1. The van der Waals surface area contributed by atoms with Crippen molar-refractivity contribution in [3.05, 3.63) is 28.2 Å². The zero-order valence-electron chi connectivity index (χ0n) is 9.13. The van der Waals surface area contributed by atoms with E-state index >= 15 is 0 Å². The average Bonchev–Trinajstić information content (AvgIpc) is 2.69. The van der Waals surface area contributed by atoms with Gasteiger partial charge in [0.2, 0.25) is 0 Å². The fourth-order valence-corrected chi connectivity index (χ4v) is 2.63. The fraction of sp³-hybridized carbons (Fsp3) is 0.538. The predicted molar refractivity (Wildman–Crippen MR) is 66.3 cm³/mol. The van der Waals surface area contributed by atoms with Crippen LogP contribution >= 0.6 is 15.9 Å². The molecule has 1 aliphatic rings. The lowest BCUT2D eigenvalue weighted by Gasteiger charge is -2.13. The smallest absolute Gasteiger partial charge is 0.122 e. The molecule has 1 saturated carbocycles.